The van der Waals surface area contributed by atoms with Crippen molar-refractivity contribution in [3.63, 3.8) is 0 Å². The van der Waals surface area contributed by atoms with Gasteiger partial charge in [0.15, 0.2) is 19.7 Å². The van der Waals surface area contributed by atoms with Crippen LogP contribution in [0.3, 0.4) is 0 Å². The zero-order valence-electron chi connectivity index (χ0n) is 11.7. The third kappa shape index (κ3) is 4.21. The molecule has 120 valence electrons. The molecule has 9 heteroatoms. The molecule has 0 aliphatic rings. The Kier molecular flexibility index (Phi) is 4.81. The van der Waals surface area contributed by atoms with Crippen LogP contribution < -0.4 is 0 Å². The van der Waals surface area contributed by atoms with E-state index >= 15 is 0 Å². The van der Waals surface area contributed by atoms with Crippen molar-refractivity contribution in [1.82, 2.24) is 0 Å². The first kappa shape index (κ1) is 18.0. The number of hydrogen-bond acceptors (Lipinski definition) is 5. The van der Waals surface area contributed by atoms with Crippen LogP contribution >= 0.6 is 0 Å². The second kappa shape index (κ2) is 5.62. The second-order valence-electron chi connectivity index (χ2n) is 5.09. The Morgan fingerprint density at radius 2 is 1.71 bits per heavy atom. The molecule has 21 heavy (non-hydrogen) atoms. The van der Waals surface area contributed by atoms with Gasteiger partial charge < -0.3 is 5.11 Å². The Morgan fingerprint density at radius 1 is 1.19 bits per heavy atom. The lowest BCUT2D eigenvalue weighted by molar-refractivity contribution is 0.0560. The van der Waals surface area contributed by atoms with Crippen LogP contribution in [0.4, 0.5) is 8.78 Å². The Labute approximate surface area is 122 Å². The van der Waals surface area contributed by atoms with Crippen LogP contribution in [0.1, 0.15) is 12.5 Å². The van der Waals surface area contributed by atoms with Gasteiger partial charge in [0.25, 0.3) is 0 Å². The highest BCUT2D eigenvalue weighted by Gasteiger charge is 2.45. The number of rotatable bonds is 5. The second-order valence-corrected chi connectivity index (χ2v) is 9.60. The molecule has 0 spiro atoms. The topological polar surface area (TPSA) is 88.5 Å². The summed E-state index contributed by atoms with van der Waals surface area (Å²) in [7, 11) is -7.78. The number of hydrogen-bond donors (Lipinski definition) is 1. The molecule has 0 heterocycles. The fraction of sp³-hybridized carbons (Fsp3) is 0.500. The van der Waals surface area contributed by atoms with E-state index < -0.39 is 53.5 Å². The zero-order chi connectivity index (χ0) is 16.6. The maximum absolute atomic E-state index is 13.9. The first-order valence-electron chi connectivity index (χ1n) is 5.82. The van der Waals surface area contributed by atoms with E-state index in [1.165, 1.54) is 0 Å². The molecule has 2 atom stereocenters. The summed E-state index contributed by atoms with van der Waals surface area (Å²) in [5, 5.41) is 8.92. The fourth-order valence-corrected chi connectivity index (χ4v) is 4.23. The number of aliphatic hydroxyl groups is 1. The maximum Gasteiger partial charge on any atom is 0.153 e. The fourth-order valence-electron chi connectivity index (χ4n) is 2.00. The van der Waals surface area contributed by atoms with Crippen LogP contribution in [0.2, 0.25) is 0 Å². The molecule has 0 amide bonds. The van der Waals surface area contributed by atoms with Crippen molar-refractivity contribution in [1.29, 1.82) is 0 Å². The van der Waals surface area contributed by atoms with E-state index in [2.05, 4.69) is 0 Å². The van der Waals surface area contributed by atoms with Gasteiger partial charge >= 0.3 is 0 Å². The van der Waals surface area contributed by atoms with Gasteiger partial charge in [0.1, 0.15) is 17.2 Å². The Morgan fingerprint density at radius 3 is 2.14 bits per heavy atom. The number of halogens is 2. The van der Waals surface area contributed by atoms with Crippen molar-refractivity contribution in [2.24, 2.45) is 0 Å². The van der Waals surface area contributed by atoms with Crippen molar-refractivity contribution in [2.45, 2.75) is 17.8 Å². The van der Waals surface area contributed by atoms with Crippen LogP contribution in [0.25, 0.3) is 0 Å². The molecule has 0 fully saturated rings. The lowest BCUT2D eigenvalue weighted by atomic mass is 9.92. The van der Waals surface area contributed by atoms with E-state index in [-0.39, 0.29) is 0 Å². The van der Waals surface area contributed by atoms with Gasteiger partial charge in [-0.25, -0.2) is 25.6 Å². The van der Waals surface area contributed by atoms with E-state index in [0.717, 1.165) is 25.5 Å². The minimum Gasteiger partial charge on any atom is -0.383 e. The van der Waals surface area contributed by atoms with Crippen molar-refractivity contribution >= 4 is 19.7 Å². The SMILES string of the molecule is CC(C(O)(CS(C)(=O)=O)c1cc(F)ccc1F)S(C)(=O)=O. The summed E-state index contributed by atoms with van der Waals surface area (Å²) in [6.07, 6.45) is 1.55. The lowest BCUT2D eigenvalue weighted by Gasteiger charge is -2.33. The first-order chi connectivity index (χ1) is 9.27. The van der Waals surface area contributed by atoms with Crippen molar-refractivity contribution < 1.29 is 30.7 Å². The van der Waals surface area contributed by atoms with E-state index in [1.54, 1.807) is 0 Å². The summed E-state index contributed by atoms with van der Waals surface area (Å²) >= 11 is 0. The van der Waals surface area contributed by atoms with Crippen LogP contribution in [0, 0.1) is 11.6 Å². The number of sulfone groups is 2. The average molecular weight is 342 g/mol. The first-order valence-corrected chi connectivity index (χ1v) is 9.83. The van der Waals surface area contributed by atoms with Crippen LogP contribution in [0.5, 0.6) is 0 Å². The molecule has 0 bridgehead atoms. The van der Waals surface area contributed by atoms with Gasteiger partial charge in [-0.15, -0.1) is 0 Å². The molecular weight excluding hydrogens is 326 g/mol. The smallest absolute Gasteiger partial charge is 0.153 e. The van der Waals surface area contributed by atoms with E-state index in [0.29, 0.717) is 12.1 Å². The van der Waals surface area contributed by atoms with Crippen molar-refractivity contribution in [3.8, 4) is 0 Å². The molecule has 0 aliphatic carbocycles. The standard InChI is InChI=1S/C12H16F2O5S2/c1-8(21(3,18)19)12(15,7-20(2,16)17)10-6-9(13)4-5-11(10)14/h4-6,8,15H,7H2,1-3H3. The molecule has 0 saturated heterocycles. The van der Waals surface area contributed by atoms with Gasteiger partial charge in [-0.3, -0.25) is 0 Å². The van der Waals surface area contributed by atoms with Crippen LogP contribution in [-0.4, -0.2) is 45.5 Å². The molecule has 1 aromatic carbocycles. The zero-order valence-corrected chi connectivity index (χ0v) is 13.3. The van der Waals surface area contributed by atoms with Crippen molar-refractivity contribution in [3.05, 3.63) is 35.4 Å². The van der Waals surface area contributed by atoms with Gasteiger partial charge in [0.05, 0.1) is 11.0 Å². The molecule has 0 saturated carbocycles. The van der Waals surface area contributed by atoms with Gasteiger partial charge in [-0.1, -0.05) is 0 Å². The molecule has 1 rings (SSSR count). The van der Waals surface area contributed by atoms with Gasteiger partial charge in [-0.2, -0.15) is 0 Å². The Hall–Kier alpha value is -1.06. The van der Waals surface area contributed by atoms with Crippen LogP contribution in [-0.2, 0) is 25.3 Å². The van der Waals surface area contributed by atoms with Crippen LogP contribution in [0.15, 0.2) is 18.2 Å². The van der Waals surface area contributed by atoms with Gasteiger partial charge in [0.2, 0.25) is 0 Å². The molecule has 1 N–H and O–H groups in total. The monoisotopic (exact) mass is 342 g/mol. The summed E-state index contributed by atoms with van der Waals surface area (Å²) in [6, 6.07) is 2.08. The molecule has 0 aliphatic heterocycles. The maximum atomic E-state index is 13.9. The Bertz CT molecular complexity index is 743. The van der Waals surface area contributed by atoms with Gasteiger partial charge in [-0.05, 0) is 25.1 Å². The molecule has 2 unspecified atom stereocenters. The average Bonchev–Trinajstić information content (AvgIpc) is 2.27. The highest BCUT2D eigenvalue weighted by atomic mass is 32.2. The Balaban J connectivity index is 3.63. The number of benzene rings is 1. The highest BCUT2D eigenvalue weighted by Crippen LogP contribution is 2.33. The largest absolute Gasteiger partial charge is 0.383 e. The molecule has 0 aromatic heterocycles. The van der Waals surface area contributed by atoms with Gasteiger partial charge in [0, 0.05) is 18.1 Å². The minimum atomic E-state index is -3.91. The summed E-state index contributed by atoms with van der Waals surface area (Å²) < 4.78 is 73.4. The van der Waals surface area contributed by atoms with E-state index in [1.807, 2.05) is 0 Å². The van der Waals surface area contributed by atoms with Crippen molar-refractivity contribution in [2.75, 3.05) is 18.3 Å². The predicted molar refractivity (Wildman–Crippen MR) is 74.3 cm³/mol. The summed E-state index contributed by atoms with van der Waals surface area (Å²) in [5.74, 6) is -3.05. The summed E-state index contributed by atoms with van der Waals surface area (Å²) in [4.78, 5) is 0. The normalized spacial score (nSPS) is 17.2. The summed E-state index contributed by atoms with van der Waals surface area (Å²) in [5.41, 5.74) is -3.29. The third-order valence-corrected chi connectivity index (χ3v) is 5.83. The molecule has 0 radical (unpaired) electrons. The molecule has 5 nitrogen and oxygen atoms in total. The highest BCUT2D eigenvalue weighted by molar-refractivity contribution is 7.92. The van der Waals surface area contributed by atoms with E-state index in [4.69, 9.17) is 0 Å². The summed E-state index contributed by atoms with van der Waals surface area (Å²) in [6.45, 7) is 1.05. The molecule has 1 aromatic rings. The lowest BCUT2D eigenvalue weighted by Crippen LogP contribution is -2.48. The third-order valence-electron chi connectivity index (χ3n) is 3.19. The predicted octanol–water partition coefficient (Wildman–Crippen LogP) is 0.630. The van der Waals surface area contributed by atoms with E-state index in [9.17, 15) is 30.7 Å². The molecular formula is C12H16F2O5S2. The quantitative estimate of drug-likeness (QED) is 0.848. The minimum absolute atomic E-state index is 0.599.